The summed E-state index contributed by atoms with van der Waals surface area (Å²) < 4.78 is 11.5. The molecule has 5 N–H and O–H groups in total. The molecule has 0 aliphatic carbocycles. The molecule has 0 bridgehead atoms. The molecule has 0 amide bonds. The van der Waals surface area contributed by atoms with Crippen molar-refractivity contribution in [3.8, 4) is 16.9 Å². The van der Waals surface area contributed by atoms with E-state index in [2.05, 4.69) is 42.6 Å². The van der Waals surface area contributed by atoms with E-state index in [4.69, 9.17) is 9.47 Å². The number of aliphatic hydroxyl groups is 4. The van der Waals surface area contributed by atoms with Crippen LogP contribution in [-0.2, 0) is 11.2 Å². The van der Waals surface area contributed by atoms with Gasteiger partial charge in [0, 0.05) is 6.54 Å². The highest BCUT2D eigenvalue weighted by Gasteiger charge is 2.44. The van der Waals surface area contributed by atoms with Crippen molar-refractivity contribution in [2.24, 2.45) is 0 Å². The molecule has 5 rings (SSSR count). The molecule has 0 radical (unpaired) electrons. The van der Waals surface area contributed by atoms with E-state index < -0.39 is 37.1 Å². The fraction of sp³-hybridized carbons (Fsp3) is 0.357. The molecule has 7 heteroatoms. The number of aliphatic hydroxyl groups excluding tert-OH is 4. The van der Waals surface area contributed by atoms with Gasteiger partial charge in [0.1, 0.15) is 42.9 Å². The van der Waals surface area contributed by atoms with Gasteiger partial charge in [0.15, 0.2) is 0 Å². The van der Waals surface area contributed by atoms with Crippen LogP contribution in [0.3, 0.4) is 0 Å². The number of hydrogen-bond acceptors (Lipinski definition) is 7. The zero-order valence-electron chi connectivity index (χ0n) is 19.6. The van der Waals surface area contributed by atoms with Gasteiger partial charge in [0.05, 0.1) is 12.3 Å². The highest BCUT2D eigenvalue weighted by atomic mass is 16.5. The summed E-state index contributed by atoms with van der Waals surface area (Å²) in [6.07, 6.45) is -5.33. The smallest absolute Gasteiger partial charge is 0.142 e. The molecule has 1 unspecified atom stereocenters. The molecule has 5 atom stereocenters. The van der Waals surface area contributed by atoms with Crippen LogP contribution in [0.15, 0.2) is 60.7 Å². The molecule has 35 heavy (non-hydrogen) atoms. The summed E-state index contributed by atoms with van der Waals surface area (Å²) in [5.74, 6) is 0.842. The molecule has 2 aliphatic rings. The molecule has 7 nitrogen and oxygen atoms in total. The third-order valence-corrected chi connectivity index (χ3v) is 6.83. The lowest BCUT2D eigenvalue weighted by atomic mass is 9.87. The number of aryl methyl sites for hydroxylation is 1. The summed E-state index contributed by atoms with van der Waals surface area (Å²) in [5.41, 5.74) is 7.07. The Morgan fingerprint density at radius 2 is 1.71 bits per heavy atom. The van der Waals surface area contributed by atoms with E-state index in [9.17, 15) is 20.4 Å². The maximum Gasteiger partial charge on any atom is 0.142 e. The fourth-order valence-electron chi connectivity index (χ4n) is 4.85. The summed E-state index contributed by atoms with van der Waals surface area (Å²) >= 11 is 0. The lowest BCUT2D eigenvalue weighted by Gasteiger charge is -2.40. The predicted octanol–water partition coefficient (Wildman–Crippen LogP) is 2.57. The average Bonchev–Trinajstić information content (AvgIpc) is 2.88. The van der Waals surface area contributed by atoms with Crippen LogP contribution in [0.1, 0.15) is 28.4 Å². The SMILES string of the molecule is Cc1ccc(-c2ccc([C@@H]3O[C@H](CO)[C@@H](O)C(O)[C@H]3O)cc2Cc2ccc3c(c2)NCCO3)cc1. The minimum atomic E-state index is -1.42. The van der Waals surface area contributed by atoms with Gasteiger partial charge in [-0.1, -0.05) is 54.1 Å². The minimum Gasteiger partial charge on any atom is -0.490 e. The topological polar surface area (TPSA) is 111 Å². The Labute approximate surface area is 204 Å². The standard InChI is InChI=1S/C28H31NO6/c1-16-2-5-18(6-3-16)21-8-7-19(28-27(33)26(32)25(31)24(15-30)35-28)14-20(21)12-17-4-9-23-22(13-17)29-10-11-34-23/h2-9,13-14,24-33H,10-12,15H2,1H3/t24-,25-,26?,27-,28+/m1/s1. The molecule has 184 valence electrons. The third kappa shape index (κ3) is 4.78. The maximum atomic E-state index is 10.7. The first kappa shape index (κ1) is 23.8. The van der Waals surface area contributed by atoms with Gasteiger partial charge in [0.2, 0.25) is 0 Å². The molecule has 0 spiro atoms. The van der Waals surface area contributed by atoms with Crippen LogP contribution in [0.5, 0.6) is 5.75 Å². The molecule has 2 heterocycles. The number of hydrogen-bond donors (Lipinski definition) is 5. The van der Waals surface area contributed by atoms with Gasteiger partial charge in [-0.25, -0.2) is 0 Å². The zero-order chi connectivity index (χ0) is 24.5. The van der Waals surface area contributed by atoms with E-state index >= 15 is 0 Å². The van der Waals surface area contributed by atoms with Gasteiger partial charge >= 0.3 is 0 Å². The third-order valence-electron chi connectivity index (χ3n) is 6.83. The fourth-order valence-corrected chi connectivity index (χ4v) is 4.85. The van der Waals surface area contributed by atoms with Crippen LogP contribution in [0.4, 0.5) is 5.69 Å². The molecule has 1 saturated heterocycles. The number of fused-ring (bicyclic) bond motifs is 1. The number of nitrogens with one attached hydrogen (secondary N) is 1. The van der Waals surface area contributed by atoms with E-state index in [0.29, 0.717) is 18.6 Å². The predicted molar refractivity (Wildman–Crippen MR) is 133 cm³/mol. The minimum absolute atomic E-state index is 0.458. The Hall–Kier alpha value is -2.94. The van der Waals surface area contributed by atoms with Crippen LogP contribution < -0.4 is 10.1 Å². The summed E-state index contributed by atoms with van der Waals surface area (Å²) in [4.78, 5) is 0. The maximum absolute atomic E-state index is 10.7. The monoisotopic (exact) mass is 477 g/mol. The van der Waals surface area contributed by atoms with E-state index in [1.165, 1.54) is 5.56 Å². The zero-order valence-corrected chi connectivity index (χ0v) is 19.6. The Balaban J connectivity index is 1.53. The Morgan fingerprint density at radius 3 is 2.49 bits per heavy atom. The quantitative estimate of drug-likeness (QED) is 0.384. The van der Waals surface area contributed by atoms with Crippen molar-refractivity contribution in [2.75, 3.05) is 25.1 Å². The van der Waals surface area contributed by atoms with Crippen LogP contribution in [-0.4, -0.2) is 64.6 Å². The van der Waals surface area contributed by atoms with Crippen molar-refractivity contribution >= 4 is 5.69 Å². The molecule has 3 aromatic carbocycles. The summed E-state index contributed by atoms with van der Waals surface area (Å²) in [6.45, 7) is 3.00. The number of anilines is 1. The lowest BCUT2D eigenvalue weighted by molar-refractivity contribution is -0.231. The van der Waals surface area contributed by atoms with Gasteiger partial charge in [-0.15, -0.1) is 0 Å². The highest BCUT2D eigenvalue weighted by Crippen LogP contribution is 2.36. The van der Waals surface area contributed by atoms with Crippen LogP contribution >= 0.6 is 0 Å². The van der Waals surface area contributed by atoms with Gasteiger partial charge < -0.3 is 35.2 Å². The molecule has 0 saturated carbocycles. The second-order valence-corrected chi connectivity index (χ2v) is 9.31. The first-order chi connectivity index (χ1) is 16.9. The van der Waals surface area contributed by atoms with Crippen molar-refractivity contribution in [3.63, 3.8) is 0 Å². The number of benzene rings is 3. The normalized spacial score (nSPS) is 25.9. The molecule has 2 aliphatic heterocycles. The number of rotatable bonds is 5. The molecular weight excluding hydrogens is 446 g/mol. The van der Waals surface area contributed by atoms with E-state index in [0.717, 1.165) is 40.2 Å². The summed E-state index contributed by atoms with van der Waals surface area (Å²) in [5, 5.41) is 44.1. The average molecular weight is 478 g/mol. The molecule has 1 fully saturated rings. The van der Waals surface area contributed by atoms with Crippen LogP contribution in [0, 0.1) is 6.92 Å². The van der Waals surface area contributed by atoms with Gasteiger partial charge in [0.25, 0.3) is 0 Å². The largest absolute Gasteiger partial charge is 0.490 e. The van der Waals surface area contributed by atoms with Crippen molar-refractivity contribution in [1.82, 2.24) is 0 Å². The van der Waals surface area contributed by atoms with E-state index in [1.807, 2.05) is 30.3 Å². The number of ether oxygens (including phenoxy) is 2. The Morgan fingerprint density at radius 1 is 0.914 bits per heavy atom. The van der Waals surface area contributed by atoms with Crippen molar-refractivity contribution in [2.45, 2.75) is 43.9 Å². The molecule has 0 aromatic heterocycles. The second-order valence-electron chi connectivity index (χ2n) is 9.31. The molecular formula is C28H31NO6. The van der Waals surface area contributed by atoms with Gasteiger partial charge in [-0.05, 0) is 53.3 Å². The first-order valence-electron chi connectivity index (χ1n) is 11.9. The Kier molecular flexibility index (Phi) is 6.77. The van der Waals surface area contributed by atoms with Gasteiger partial charge in [-0.2, -0.15) is 0 Å². The van der Waals surface area contributed by atoms with Crippen molar-refractivity contribution < 1.29 is 29.9 Å². The second kappa shape index (κ2) is 9.97. The lowest BCUT2D eigenvalue weighted by Crippen LogP contribution is -2.55. The highest BCUT2D eigenvalue weighted by molar-refractivity contribution is 5.69. The van der Waals surface area contributed by atoms with Crippen molar-refractivity contribution in [3.05, 3.63) is 82.9 Å². The van der Waals surface area contributed by atoms with Gasteiger partial charge in [-0.3, -0.25) is 0 Å². The van der Waals surface area contributed by atoms with Crippen molar-refractivity contribution in [1.29, 1.82) is 0 Å². The summed E-state index contributed by atoms with van der Waals surface area (Å²) in [7, 11) is 0. The Bertz CT molecular complexity index is 1180. The van der Waals surface area contributed by atoms with Crippen LogP contribution in [0.2, 0.25) is 0 Å². The van der Waals surface area contributed by atoms with E-state index in [-0.39, 0.29) is 0 Å². The molecule has 3 aromatic rings. The van der Waals surface area contributed by atoms with E-state index in [1.54, 1.807) is 0 Å². The summed E-state index contributed by atoms with van der Waals surface area (Å²) in [6, 6.07) is 20.3. The van der Waals surface area contributed by atoms with Crippen LogP contribution in [0.25, 0.3) is 11.1 Å². The first-order valence-corrected chi connectivity index (χ1v) is 11.9.